The Morgan fingerprint density at radius 1 is 1.33 bits per heavy atom. The highest BCUT2D eigenvalue weighted by atomic mass is 35.5. The van der Waals surface area contributed by atoms with Crippen molar-refractivity contribution in [2.24, 2.45) is 11.1 Å². The summed E-state index contributed by atoms with van der Waals surface area (Å²) in [5.74, 6) is 4.13. The summed E-state index contributed by atoms with van der Waals surface area (Å²) >= 11 is 5.99. The standard InChI is InChI=1S/C20H23ClN6O2S/c1-12(14-4-3-5-14)27-18-16(11-24-20(21)26-18)25-17(19(27)28)23-10-13-6-8-15(9-7-13)30(2,22)29/h6-9,11-12,14H,2-5,10H2,1H3,(H2,22,29)(H,23,25)/t12-,30?/m0/s1. The fraction of sp³-hybridized carbons (Fsp3) is 0.350. The lowest BCUT2D eigenvalue weighted by atomic mass is 9.80. The van der Waals surface area contributed by atoms with E-state index in [2.05, 4.69) is 26.1 Å². The number of hydrogen-bond acceptors (Lipinski definition) is 6. The average molecular weight is 447 g/mol. The molecule has 0 amide bonds. The van der Waals surface area contributed by atoms with Crippen molar-refractivity contribution in [2.45, 2.75) is 43.7 Å². The van der Waals surface area contributed by atoms with Gasteiger partial charge in [0.2, 0.25) is 5.28 Å². The molecule has 1 aliphatic carbocycles. The second-order valence-electron chi connectivity index (χ2n) is 7.64. The Kier molecular flexibility index (Phi) is 5.52. The molecule has 10 heteroatoms. The lowest BCUT2D eigenvalue weighted by molar-refractivity contribution is 0.222. The smallest absolute Gasteiger partial charge is 0.295 e. The molecular formula is C20H23ClN6O2S. The maximum atomic E-state index is 13.3. The molecule has 0 saturated heterocycles. The molecule has 3 N–H and O–H groups in total. The van der Waals surface area contributed by atoms with E-state index in [0.29, 0.717) is 28.5 Å². The lowest BCUT2D eigenvalue weighted by Crippen LogP contribution is -2.33. The molecule has 1 saturated carbocycles. The van der Waals surface area contributed by atoms with E-state index in [1.165, 1.54) is 12.6 Å². The predicted molar refractivity (Wildman–Crippen MR) is 120 cm³/mol. The van der Waals surface area contributed by atoms with E-state index in [1.54, 1.807) is 28.8 Å². The zero-order valence-corrected chi connectivity index (χ0v) is 18.1. The largest absolute Gasteiger partial charge is 0.361 e. The van der Waals surface area contributed by atoms with Gasteiger partial charge in [0.1, 0.15) is 5.52 Å². The van der Waals surface area contributed by atoms with Crippen molar-refractivity contribution >= 4 is 44.2 Å². The summed E-state index contributed by atoms with van der Waals surface area (Å²) in [7, 11) is -2.75. The predicted octanol–water partition coefficient (Wildman–Crippen LogP) is 2.76. The first-order valence-electron chi connectivity index (χ1n) is 9.66. The molecule has 158 valence electrons. The van der Waals surface area contributed by atoms with Crippen LogP contribution in [0.1, 0.15) is 37.8 Å². The maximum absolute atomic E-state index is 13.3. The van der Waals surface area contributed by atoms with Crippen LogP contribution in [0, 0.1) is 5.92 Å². The maximum Gasteiger partial charge on any atom is 0.295 e. The summed E-state index contributed by atoms with van der Waals surface area (Å²) in [5.41, 5.74) is 1.59. The number of hydrogen-bond donors (Lipinski definition) is 2. The number of halogens is 1. The fourth-order valence-electron chi connectivity index (χ4n) is 3.63. The number of anilines is 1. The Labute approximate surface area is 179 Å². The van der Waals surface area contributed by atoms with Gasteiger partial charge in [-0.1, -0.05) is 18.6 Å². The van der Waals surface area contributed by atoms with Crippen LogP contribution >= 0.6 is 11.6 Å². The molecule has 0 bridgehead atoms. The van der Waals surface area contributed by atoms with Crippen molar-refractivity contribution in [3.63, 3.8) is 0 Å². The van der Waals surface area contributed by atoms with Crippen LogP contribution in [0.3, 0.4) is 0 Å². The minimum atomic E-state index is -2.75. The number of nitrogens with zero attached hydrogens (tertiary/aromatic N) is 4. The van der Waals surface area contributed by atoms with E-state index < -0.39 is 9.71 Å². The van der Waals surface area contributed by atoms with Crippen molar-refractivity contribution in [3.05, 3.63) is 51.7 Å². The summed E-state index contributed by atoms with van der Waals surface area (Å²) in [4.78, 5) is 26.4. The molecular weight excluding hydrogens is 424 g/mol. The van der Waals surface area contributed by atoms with Gasteiger partial charge in [-0.3, -0.25) is 14.5 Å². The Morgan fingerprint density at radius 3 is 2.63 bits per heavy atom. The fourth-order valence-corrected chi connectivity index (χ4v) is 4.36. The van der Waals surface area contributed by atoms with Crippen LogP contribution < -0.4 is 16.0 Å². The molecule has 4 rings (SSSR count). The van der Waals surface area contributed by atoms with Crippen LogP contribution in [0.25, 0.3) is 11.2 Å². The molecule has 30 heavy (non-hydrogen) atoms. The third kappa shape index (κ3) is 4.05. The third-order valence-corrected chi connectivity index (χ3v) is 6.88. The zero-order chi connectivity index (χ0) is 21.5. The van der Waals surface area contributed by atoms with Crippen molar-refractivity contribution in [3.8, 4) is 0 Å². The van der Waals surface area contributed by atoms with Crippen molar-refractivity contribution < 1.29 is 4.21 Å². The minimum absolute atomic E-state index is 0.0164. The van der Waals surface area contributed by atoms with Crippen LogP contribution in [0.15, 0.2) is 40.2 Å². The molecule has 2 heterocycles. The number of rotatable bonds is 6. The normalized spacial score (nSPS) is 17.3. The van der Waals surface area contributed by atoms with Gasteiger partial charge in [0, 0.05) is 17.5 Å². The first kappa shape index (κ1) is 20.8. The molecule has 1 aliphatic rings. The molecule has 2 atom stereocenters. The Morgan fingerprint density at radius 2 is 2.03 bits per heavy atom. The van der Waals surface area contributed by atoms with Crippen LogP contribution in [-0.4, -0.2) is 29.6 Å². The van der Waals surface area contributed by atoms with Gasteiger partial charge in [-0.05, 0) is 60.9 Å². The molecule has 2 aromatic heterocycles. The van der Waals surface area contributed by atoms with E-state index in [-0.39, 0.29) is 22.7 Å². The van der Waals surface area contributed by atoms with Crippen LogP contribution in [-0.2, 0) is 16.3 Å². The summed E-state index contributed by atoms with van der Waals surface area (Å²) in [6.07, 6.45) is 4.87. The van der Waals surface area contributed by atoms with Crippen LogP contribution in [0.2, 0.25) is 5.28 Å². The second-order valence-corrected chi connectivity index (χ2v) is 9.90. The molecule has 0 spiro atoms. The van der Waals surface area contributed by atoms with E-state index in [9.17, 15) is 9.00 Å². The highest BCUT2D eigenvalue weighted by Crippen LogP contribution is 2.36. The summed E-state index contributed by atoms with van der Waals surface area (Å²) < 4.78 is 13.5. The average Bonchev–Trinajstić information content (AvgIpc) is 2.64. The first-order valence-corrected chi connectivity index (χ1v) is 11.8. The number of nitrogens with two attached hydrogens (primary N) is 1. The van der Waals surface area contributed by atoms with Gasteiger partial charge >= 0.3 is 0 Å². The molecule has 0 aliphatic heterocycles. The number of fused-ring (bicyclic) bond motifs is 1. The van der Waals surface area contributed by atoms with E-state index >= 15 is 0 Å². The molecule has 1 aromatic carbocycles. The highest BCUT2D eigenvalue weighted by Gasteiger charge is 2.28. The Balaban J connectivity index is 1.68. The third-order valence-electron chi connectivity index (χ3n) is 5.62. The molecule has 3 aromatic rings. The zero-order valence-electron chi connectivity index (χ0n) is 16.5. The Hall–Kier alpha value is -2.49. The van der Waals surface area contributed by atoms with Gasteiger partial charge in [-0.25, -0.2) is 14.2 Å². The van der Waals surface area contributed by atoms with Crippen molar-refractivity contribution in [1.29, 1.82) is 0 Å². The van der Waals surface area contributed by atoms with Gasteiger partial charge in [0.15, 0.2) is 11.5 Å². The topological polar surface area (TPSA) is 116 Å². The van der Waals surface area contributed by atoms with Crippen molar-refractivity contribution in [2.75, 3.05) is 5.32 Å². The SMILES string of the molecule is C=S(N)(=O)c1ccc(CNc2nc3cnc(Cl)nc3n([C@@H](C)C3CCC3)c2=O)cc1. The minimum Gasteiger partial charge on any atom is -0.361 e. The van der Waals surface area contributed by atoms with E-state index in [0.717, 1.165) is 18.4 Å². The quantitative estimate of drug-likeness (QED) is 0.444. The second kappa shape index (κ2) is 7.98. The summed E-state index contributed by atoms with van der Waals surface area (Å²) in [6, 6.07) is 6.91. The van der Waals surface area contributed by atoms with Gasteiger partial charge in [0.25, 0.3) is 5.56 Å². The molecule has 1 unspecified atom stereocenters. The summed E-state index contributed by atoms with van der Waals surface area (Å²) in [6.45, 7) is 2.40. The van der Waals surface area contributed by atoms with E-state index in [4.69, 9.17) is 16.7 Å². The molecule has 0 radical (unpaired) electrons. The molecule has 8 nitrogen and oxygen atoms in total. The van der Waals surface area contributed by atoms with E-state index in [1.807, 2.05) is 6.92 Å². The van der Waals surface area contributed by atoms with Crippen LogP contribution in [0.4, 0.5) is 5.82 Å². The molecule has 1 fully saturated rings. The lowest BCUT2D eigenvalue weighted by Gasteiger charge is -2.33. The van der Waals surface area contributed by atoms with Crippen molar-refractivity contribution in [1.82, 2.24) is 19.5 Å². The number of benzene rings is 1. The number of nitrogens with one attached hydrogen (secondary N) is 1. The van der Waals surface area contributed by atoms with Gasteiger partial charge in [-0.15, -0.1) is 0 Å². The van der Waals surface area contributed by atoms with Crippen LogP contribution in [0.5, 0.6) is 0 Å². The van der Waals surface area contributed by atoms with Gasteiger partial charge in [0.05, 0.1) is 15.9 Å². The van der Waals surface area contributed by atoms with Gasteiger partial charge < -0.3 is 5.32 Å². The number of aromatic nitrogens is 4. The Bertz CT molecular complexity index is 1250. The first-order chi connectivity index (χ1) is 14.2. The summed E-state index contributed by atoms with van der Waals surface area (Å²) in [5, 5.41) is 8.76. The monoisotopic (exact) mass is 446 g/mol. The van der Waals surface area contributed by atoms with Gasteiger partial charge in [-0.2, -0.15) is 4.98 Å². The highest BCUT2D eigenvalue weighted by molar-refractivity contribution is 7.98.